The molecule has 15 heavy (non-hydrogen) atoms. The van der Waals surface area contributed by atoms with Crippen LogP contribution >= 0.6 is 0 Å². The van der Waals surface area contributed by atoms with Crippen molar-refractivity contribution in [2.45, 2.75) is 6.43 Å². The van der Waals surface area contributed by atoms with E-state index in [1.165, 1.54) is 6.07 Å². The number of rotatable bonds is 2. The van der Waals surface area contributed by atoms with Gasteiger partial charge in [-0.1, -0.05) is 0 Å². The maximum absolute atomic E-state index is 12.4. The Balaban J connectivity index is 3.64. The third kappa shape index (κ3) is 1.96. The number of nitriles is 1. The highest BCUT2D eigenvalue weighted by Gasteiger charge is 2.26. The summed E-state index contributed by atoms with van der Waals surface area (Å²) >= 11 is 0. The molecule has 8 heteroatoms. The molecule has 1 rings (SSSR count). The number of aromatic amines is 1. The molecule has 0 fully saturated rings. The first-order valence-corrected chi connectivity index (χ1v) is 3.57. The van der Waals surface area contributed by atoms with Gasteiger partial charge in [-0.05, 0) is 0 Å². The fraction of sp³-hybridized carbons (Fsp3) is 0.143. The lowest BCUT2D eigenvalue weighted by Crippen LogP contribution is -2.12. The first-order chi connectivity index (χ1) is 6.97. The number of halogens is 2. The highest BCUT2D eigenvalue weighted by atomic mass is 19.3. The summed E-state index contributed by atoms with van der Waals surface area (Å²) in [5, 5.41) is 18.8. The zero-order chi connectivity index (χ0) is 11.6. The Morgan fingerprint density at radius 1 is 1.60 bits per heavy atom. The van der Waals surface area contributed by atoms with Crippen LogP contribution in [0, 0.1) is 21.4 Å². The van der Waals surface area contributed by atoms with E-state index in [0.29, 0.717) is 6.07 Å². The van der Waals surface area contributed by atoms with Gasteiger partial charge < -0.3 is 4.98 Å². The highest BCUT2D eigenvalue weighted by molar-refractivity contribution is 5.47. The van der Waals surface area contributed by atoms with E-state index in [-0.39, 0.29) is 0 Å². The largest absolute Gasteiger partial charge is 0.313 e. The molecule has 0 atom stereocenters. The molecule has 0 aliphatic heterocycles. The monoisotopic (exact) mass is 215 g/mol. The van der Waals surface area contributed by atoms with Crippen molar-refractivity contribution in [2.75, 3.05) is 0 Å². The molecule has 0 radical (unpaired) electrons. The number of nitrogens with zero attached hydrogens (tertiary/aromatic N) is 2. The van der Waals surface area contributed by atoms with Crippen LogP contribution in [-0.4, -0.2) is 9.91 Å². The molecule has 1 aromatic rings. The third-order valence-electron chi connectivity index (χ3n) is 1.59. The van der Waals surface area contributed by atoms with Crippen molar-refractivity contribution in [1.29, 1.82) is 5.26 Å². The third-order valence-corrected chi connectivity index (χ3v) is 1.59. The van der Waals surface area contributed by atoms with Crippen LogP contribution in [0.2, 0.25) is 0 Å². The molecule has 0 saturated heterocycles. The van der Waals surface area contributed by atoms with E-state index in [0.717, 1.165) is 0 Å². The predicted octanol–water partition coefficient (Wildman–Crippen LogP) is 1.09. The minimum Gasteiger partial charge on any atom is -0.313 e. The van der Waals surface area contributed by atoms with E-state index in [1.807, 2.05) is 0 Å². The minimum absolute atomic E-state index is 0.419. The van der Waals surface area contributed by atoms with Crippen molar-refractivity contribution in [1.82, 2.24) is 4.98 Å². The van der Waals surface area contributed by atoms with Gasteiger partial charge >= 0.3 is 0 Å². The molecule has 0 aliphatic rings. The van der Waals surface area contributed by atoms with Crippen molar-refractivity contribution in [2.24, 2.45) is 0 Å². The van der Waals surface area contributed by atoms with Crippen molar-refractivity contribution >= 4 is 5.69 Å². The summed E-state index contributed by atoms with van der Waals surface area (Å²) in [5.74, 6) is 0. The molecule has 6 nitrogen and oxygen atoms in total. The summed E-state index contributed by atoms with van der Waals surface area (Å²) in [6.45, 7) is 0. The van der Waals surface area contributed by atoms with Crippen molar-refractivity contribution in [3.05, 3.63) is 37.8 Å². The van der Waals surface area contributed by atoms with Crippen LogP contribution in [0.3, 0.4) is 0 Å². The SMILES string of the molecule is N#Cc1[nH]c(=O)cc([N+](=O)[O-])c1C(F)F. The van der Waals surface area contributed by atoms with Gasteiger partial charge in [-0.2, -0.15) is 5.26 Å². The molecule has 1 aromatic heterocycles. The molecular formula is C7H3F2N3O3. The molecule has 0 bridgehead atoms. The van der Waals surface area contributed by atoms with Crippen LogP contribution in [-0.2, 0) is 0 Å². The molecule has 0 amide bonds. The molecule has 0 saturated carbocycles. The van der Waals surface area contributed by atoms with Crippen LogP contribution in [0.15, 0.2) is 10.9 Å². The van der Waals surface area contributed by atoms with Crippen LogP contribution in [0.5, 0.6) is 0 Å². The highest BCUT2D eigenvalue weighted by Crippen LogP contribution is 2.29. The Hall–Kier alpha value is -2.30. The van der Waals surface area contributed by atoms with E-state index < -0.39 is 33.9 Å². The van der Waals surface area contributed by atoms with Gasteiger partial charge in [0, 0.05) is 0 Å². The second-order valence-electron chi connectivity index (χ2n) is 2.48. The van der Waals surface area contributed by atoms with E-state index >= 15 is 0 Å². The van der Waals surface area contributed by atoms with Crippen LogP contribution in [0.4, 0.5) is 14.5 Å². The Kier molecular flexibility index (Phi) is 2.75. The van der Waals surface area contributed by atoms with Crippen molar-refractivity contribution in [3.8, 4) is 6.07 Å². The lowest BCUT2D eigenvalue weighted by Gasteiger charge is -2.02. The molecule has 1 heterocycles. The fourth-order valence-corrected chi connectivity index (χ4v) is 1.02. The van der Waals surface area contributed by atoms with E-state index in [9.17, 15) is 23.7 Å². The maximum Gasteiger partial charge on any atom is 0.286 e. The Morgan fingerprint density at radius 3 is 2.60 bits per heavy atom. The number of nitro groups is 1. The first-order valence-electron chi connectivity index (χ1n) is 3.57. The second-order valence-corrected chi connectivity index (χ2v) is 2.48. The van der Waals surface area contributed by atoms with Crippen molar-refractivity contribution in [3.63, 3.8) is 0 Å². The number of aromatic nitrogens is 1. The summed E-state index contributed by atoms with van der Waals surface area (Å²) in [4.78, 5) is 21.8. The molecule has 0 spiro atoms. The van der Waals surface area contributed by atoms with Gasteiger partial charge in [0.2, 0.25) is 0 Å². The zero-order valence-electron chi connectivity index (χ0n) is 7.03. The summed E-state index contributed by atoms with van der Waals surface area (Å²) in [7, 11) is 0. The topological polar surface area (TPSA) is 99.8 Å². The summed E-state index contributed by atoms with van der Waals surface area (Å²) in [6.07, 6.45) is -3.20. The Bertz CT molecular complexity index is 503. The molecule has 78 valence electrons. The predicted molar refractivity (Wildman–Crippen MR) is 43.4 cm³/mol. The standard InChI is InChI=1S/C7H3F2N3O3/c8-7(9)6-3(2-10)11-5(13)1-4(6)12(14)15/h1,7H,(H,11,13). The fourth-order valence-electron chi connectivity index (χ4n) is 1.02. The average molecular weight is 215 g/mol. The average Bonchev–Trinajstić information content (AvgIpc) is 2.15. The van der Waals surface area contributed by atoms with E-state index in [1.54, 1.807) is 4.98 Å². The molecule has 0 aliphatic carbocycles. The smallest absolute Gasteiger partial charge is 0.286 e. The summed E-state index contributed by atoms with van der Waals surface area (Å²) in [5.41, 5.74) is -3.88. The number of hydrogen-bond donors (Lipinski definition) is 1. The molecule has 0 unspecified atom stereocenters. The van der Waals surface area contributed by atoms with E-state index in [4.69, 9.17) is 5.26 Å². The minimum atomic E-state index is -3.20. The van der Waals surface area contributed by atoms with Crippen LogP contribution in [0.25, 0.3) is 0 Å². The van der Waals surface area contributed by atoms with Gasteiger partial charge in [0.1, 0.15) is 17.3 Å². The van der Waals surface area contributed by atoms with Gasteiger partial charge in [-0.3, -0.25) is 14.9 Å². The Labute approximate surface area is 80.9 Å². The van der Waals surface area contributed by atoms with Gasteiger partial charge in [0.15, 0.2) is 0 Å². The van der Waals surface area contributed by atoms with Crippen molar-refractivity contribution < 1.29 is 13.7 Å². The lowest BCUT2D eigenvalue weighted by molar-refractivity contribution is -0.386. The molecular weight excluding hydrogens is 212 g/mol. The quantitative estimate of drug-likeness (QED) is 0.589. The summed E-state index contributed by atoms with van der Waals surface area (Å²) in [6, 6.07) is 1.69. The number of H-pyrrole nitrogens is 1. The second kappa shape index (κ2) is 3.83. The lowest BCUT2D eigenvalue weighted by atomic mass is 10.1. The van der Waals surface area contributed by atoms with Gasteiger partial charge in [-0.15, -0.1) is 0 Å². The maximum atomic E-state index is 12.4. The van der Waals surface area contributed by atoms with Gasteiger partial charge in [0.05, 0.1) is 11.0 Å². The summed E-state index contributed by atoms with van der Waals surface area (Å²) < 4.78 is 24.8. The Morgan fingerprint density at radius 2 is 2.20 bits per heavy atom. The number of hydrogen-bond acceptors (Lipinski definition) is 4. The molecule has 0 aromatic carbocycles. The van der Waals surface area contributed by atoms with E-state index in [2.05, 4.69) is 0 Å². The first kappa shape index (κ1) is 10.8. The van der Waals surface area contributed by atoms with Gasteiger partial charge in [0.25, 0.3) is 17.7 Å². The normalized spacial score (nSPS) is 10.0. The zero-order valence-corrected chi connectivity index (χ0v) is 7.03. The van der Waals surface area contributed by atoms with Crippen LogP contribution < -0.4 is 5.56 Å². The van der Waals surface area contributed by atoms with Gasteiger partial charge in [-0.25, -0.2) is 8.78 Å². The molecule has 1 N–H and O–H groups in total. The van der Waals surface area contributed by atoms with Crippen LogP contribution in [0.1, 0.15) is 17.7 Å². The number of nitrogens with one attached hydrogen (secondary N) is 1. The number of pyridine rings is 1. The number of alkyl halides is 2.